The maximum atomic E-state index is 11.3. The van der Waals surface area contributed by atoms with Crippen LogP contribution in [-0.4, -0.2) is 36.4 Å². The molecular formula is C8H15NO3. The molecule has 12 heavy (non-hydrogen) atoms. The number of hydrogen-bond acceptors (Lipinski definition) is 3. The summed E-state index contributed by atoms with van der Waals surface area (Å²) in [6.07, 6.45) is 1.45. The number of ether oxygens (including phenoxy) is 1. The van der Waals surface area contributed by atoms with Gasteiger partial charge in [0.05, 0.1) is 6.61 Å². The molecule has 0 saturated carbocycles. The fourth-order valence-electron chi connectivity index (χ4n) is 1.17. The molecule has 1 amide bonds. The number of hydrogen-bond donors (Lipinski definition) is 2. The first-order valence-electron chi connectivity index (χ1n) is 4.27. The molecule has 70 valence electrons. The predicted octanol–water partition coefficient (Wildman–Crippen LogP) is -0.338. The highest BCUT2D eigenvalue weighted by atomic mass is 16.5. The molecular weight excluding hydrogens is 158 g/mol. The Morgan fingerprint density at radius 2 is 2.58 bits per heavy atom. The first-order chi connectivity index (χ1) is 5.74. The zero-order chi connectivity index (χ0) is 8.97. The van der Waals surface area contributed by atoms with Crippen LogP contribution >= 0.6 is 0 Å². The largest absolute Gasteiger partial charge is 0.394 e. The van der Waals surface area contributed by atoms with Crippen LogP contribution in [0, 0.1) is 0 Å². The average Bonchev–Trinajstić information content (AvgIpc) is 2.56. The second-order valence-electron chi connectivity index (χ2n) is 3.09. The van der Waals surface area contributed by atoms with Crippen molar-refractivity contribution in [1.82, 2.24) is 5.32 Å². The number of amides is 1. The van der Waals surface area contributed by atoms with Crippen LogP contribution in [0.2, 0.25) is 0 Å². The van der Waals surface area contributed by atoms with Gasteiger partial charge in [0.25, 0.3) is 0 Å². The van der Waals surface area contributed by atoms with E-state index in [1.165, 1.54) is 0 Å². The number of carbonyl (C=O) groups is 1. The number of nitrogens with one attached hydrogen (secondary N) is 1. The first kappa shape index (κ1) is 9.48. The van der Waals surface area contributed by atoms with Crippen molar-refractivity contribution in [3.05, 3.63) is 0 Å². The van der Waals surface area contributed by atoms with Crippen molar-refractivity contribution in [2.75, 3.05) is 13.2 Å². The Hall–Kier alpha value is -0.610. The van der Waals surface area contributed by atoms with E-state index in [4.69, 9.17) is 9.84 Å². The summed E-state index contributed by atoms with van der Waals surface area (Å²) < 4.78 is 5.17. The van der Waals surface area contributed by atoms with E-state index in [1.54, 1.807) is 6.92 Å². The second-order valence-corrected chi connectivity index (χ2v) is 3.09. The van der Waals surface area contributed by atoms with Crippen molar-refractivity contribution in [2.24, 2.45) is 0 Å². The minimum absolute atomic E-state index is 0.0293. The number of aliphatic hydroxyl groups is 1. The molecule has 0 spiro atoms. The highest BCUT2D eigenvalue weighted by Gasteiger charge is 2.23. The summed E-state index contributed by atoms with van der Waals surface area (Å²) in [4.78, 5) is 11.3. The Labute approximate surface area is 71.9 Å². The lowest BCUT2D eigenvalue weighted by molar-refractivity contribution is -0.130. The topological polar surface area (TPSA) is 58.6 Å². The fourth-order valence-corrected chi connectivity index (χ4v) is 1.17. The third-order valence-electron chi connectivity index (χ3n) is 1.88. The highest BCUT2D eigenvalue weighted by molar-refractivity contribution is 5.81. The van der Waals surface area contributed by atoms with Gasteiger partial charge in [-0.25, -0.2) is 0 Å². The van der Waals surface area contributed by atoms with Crippen LogP contribution in [0.25, 0.3) is 0 Å². The van der Waals surface area contributed by atoms with E-state index >= 15 is 0 Å². The van der Waals surface area contributed by atoms with Gasteiger partial charge >= 0.3 is 0 Å². The van der Waals surface area contributed by atoms with Crippen LogP contribution in [0.1, 0.15) is 19.8 Å². The molecule has 0 bridgehead atoms. The van der Waals surface area contributed by atoms with Gasteiger partial charge in [-0.1, -0.05) is 0 Å². The lowest BCUT2D eigenvalue weighted by atomic mass is 10.2. The van der Waals surface area contributed by atoms with E-state index in [0.29, 0.717) is 6.61 Å². The van der Waals surface area contributed by atoms with Gasteiger partial charge in [-0.05, 0) is 19.8 Å². The van der Waals surface area contributed by atoms with Crippen molar-refractivity contribution in [3.63, 3.8) is 0 Å². The van der Waals surface area contributed by atoms with Gasteiger partial charge in [-0.3, -0.25) is 4.79 Å². The molecule has 1 rings (SSSR count). The summed E-state index contributed by atoms with van der Waals surface area (Å²) >= 11 is 0. The van der Waals surface area contributed by atoms with Crippen LogP contribution in [0.3, 0.4) is 0 Å². The Kier molecular flexibility index (Phi) is 3.49. The van der Waals surface area contributed by atoms with Crippen molar-refractivity contribution in [3.8, 4) is 0 Å². The Bertz CT molecular complexity index is 154. The first-order valence-corrected chi connectivity index (χ1v) is 4.27. The van der Waals surface area contributed by atoms with Crippen LogP contribution in [-0.2, 0) is 9.53 Å². The molecule has 0 radical (unpaired) electrons. The standard InChI is InChI=1S/C8H15NO3/c1-6(5-10)9-8(11)7-3-2-4-12-7/h6-7,10H,2-5H2,1H3,(H,9,11)/t6-,7-/m1/s1. The van der Waals surface area contributed by atoms with Crippen molar-refractivity contribution < 1.29 is 14.6 Å². The van der Waals surface area contributed by atoms with Crippen LogP contribution < -0.4 is 5.32 Å². The van der Waals surface area contributed by atoms with E-state index in [-0.39, 0.29) is 24.7 Å². The molecule has 1 fully saturated rings. The lowest BCUT2D eigenvalue weighted by Gasteiger charge is -2.14. The summed E-state index contributed by atoms with van der Waals surface area (Å²) in [5.41, 5.74) is 0. The molecule has 2 atom stereocenters. The third kappa shape index (κ3) is 2.46. The fraction of sp³-hybridized carbons (Fsp3) is 0.875. The summed E-state index contributed by atoms with van der Waals surface area (Å²) in [6.45, 7) is 2.40. The molecule has 0 aromatic heterocycles. The normalized spacial score (nSPS) is 25.3. The van der Waals surface area contributed by atoms with Gasteiger partial charge in [-0.15, -0.1) is 0 Å². The minimum Gasteiger partial charge on any atom is -0.394 e. The SMILES string of the molecule is C[C@H](CO)NC(=O)[C@H]1CCCO1. The monoisotopic (exact) mass is 173 g/mol. The summed E-state index contributed by atoms with van der Waals surface area (Å²) in [6, 6.07) is -0.179. The van der Waals surface area contributed by atoms with Gasteiger partial charge in [0.15, 0.2) is 0 Å². The molecule has 1 saturated heterocycles. The molecule has 2 N–H and O–H groups in total. The highest BCUT2D eigenvalue weighted by Crippen LogP contribution is 2.11. The summed E-state index contributed by atoms with van der Waals surface area (Å²) in [5.74, 6) is -0.103. The van der Waals surface area contributed by atoms with Gasteiger partial charge < -0.3 is 15.2 Å². The lowest BCUT2D eigenvalue weighted by Crippen LogP contribution is -2.41. The van der Waals surface area contributed by atoms with Crippen molar-refractivity contribution in [1.29, 1.82) is 0 Å². The third-order valence-corrected chi connectivity index (χ3v) is 1.88. The van der Waals surface area contributed by atoms with E-state index in [2.05, 4.69) is 5.32 Å². The van der Waals surface area contributed by atoms with Gasteiger partial charge in [-0.2, -0.15) is 0 Å². The predicted molar refractivity (Wildman–Crippen MR) is 43.7 cm³/mol. The molecule has 1 heterocycles. The zero-order valence-electron chi connectivity index (χ0n) is 7.25. The number of carbonyl (C=O) groups excluding carboxylic acids is 1. The summed E-state index contributed by atoms with van der Waals surface area (Å²) in [5, 5.41) is 11.3. The van der Waals surface area contributed by atoms with Crippen LogP contribution in [0.15, 0.2) is 0 Å². The van der Waals surface area contributed by atoms with Crippen LogP contribution in [0.5, 0.6) is 0 Å². The van der Waals surface area contributed by atoms with E-state index in [9.17, 15) is 4.79 Å². The van der Waals surface area contributed by atoms with Gasteiger partial charge in [0, 0.05) is 12.6 Å². The molecule has 0 aromatic rings. The van der Waals surface area contributed by atoms with Crippen molar-refractivity contribution >= 4 is 5.91 Å². The maximum Gasteiger partial charge on any atom is 0.249 e. The Balaban J connectivity index is 2.27. The second kappa shape index (κ2) is 4.42. The molecule has 1 aliphatic rings. The molecule has 4 heteroatoms. The van der Waals surface area contributed by atoms with E-state index in [1.807, 2.05) is 0 Å². The number of rotatable bonds is 3. The average molecular weight is 173 g/mol. The number of aliphatic hydroxyl groups excluding tert-OH is 1. The Morgan fingerprint density at radius 1 is 1.83 bits per heavy atom. The molecule has 0 unspecified atom stereocenters. The molecule has 4 nitrogen and oxygen atoms in total. The van der Waals surface area contributed by atoms with Gasteiger partial charge in [0.1, 0.15) is 6.10 Å². The molecule has 1 aliphatic heterocycles. The zero-order valence-corrected chi connectivity index (χ0v) is 7.25. The van der Waals surface area contributed by atoms with Crippen molar-refractivity contribution in [2.45, 2.75) is 31.9 Å². The van der Waals surface area contributed by atoms with E-state index < -0.39 is 0 Å². The minimum atomic E-state index is -0.293. The molecule has 0 aromatic carbocycles. The van der Waals surface area contributed by atoms with Crippen LogP contribution in [0.4, 0.5) is 0 Å². The van der Waals surface area contributed by atoms with E-state index in [0.717, 1.165) is 12.8 Å². The smallest absolute Gasteiger partial charge is 0.249 e. The van der Waals surface area contributed by atoms with Gasteiger partial charge in [0.2, 0.25) is 5.91 Å². The quantitative estimate of drug-likeness (QED) is 0.614. The molecule has 0 aliphatic carbocycles. The maximum absolute atomic E-state index is 11.3. The Morgan fingerprint density at radius 3 is 3.08 bits per heavy atom. The summed E-state index contributed by atoms with van der Waals surface area (Å²) in [7, 11) is 0.